The van der Waals surface area contributed by atoms with Crippen molar-refractivity contribution >= 4 is 33.9 Å². The summed E-state index contributed by atoms with van der Waals surface area (Å²) in [5.41, 5.74) is 3.73. The normalized spacial score (nSPS) is 15.9. The minimum atomic E-state index is -0.391. The number of piperazine rings is 1. The number of aromatic nitrogens is 1. The van der Waals surface area contributed by atoms with Crippen LogP contribution in [0, 0.1) is 0 Å². The minimum absolute atomic E-state index is 0.391. The Balaban J connectivity index is 1.54. The van der Waals surface area contributed by atoms with Crippen LogP contribution in [0.3, 0.4) is 0 Å². The third-order valence-electron chi connectivity index (χ3n) is 6.75. The highest BCUT2D eigenvalue weighted by molar-refractivity contribution is 6.00. The van der Waals surface area contributed by atoms with Crippen LogP contribution in [0.5, 0.6) is 5.75 Å². The monoisotopic (exact) mass is 465 g/mol. The zero-order valence-electron chi connectivity index (χ0n) is 19.9. The zero-order valence-corrected chi connectivity index (χ0v) is 19.9. The average Bonchev–Trinajstić information content (AvgIpc) is 3.32. The summed E-state index contributed by atoms with van der Waals surface area (Å²) < 4.78 is 14.5. The predicted molar refractivity (Wildman–Crippen MR) is 139 cm³/mol. The molecule has 1 saturated heterocycles. The van der Waals surface area contributed by atoms with E-state index < -0.39 is 5.97 Å². The van der Waals surface area contributed by atoms with Gasteiger partial charge in [-0.05, 0) is 48.2 Å². The Morgan fingerprint density at radius 2 is 1.71 bits per heavy atom. The molecule has 6 rings (SSSR count). The van der Waals surface area contributed by atoms with E-state index in [-0.39, 0.29) is 0 Å². The summed E-state index contributed by atoms with van der Waals surface area (Å²) in [5, 5.41) is 2.12. The van der Waals surface area contributed by atoms with Crippen molar-refractivity contribution in [3.63, 3.8) is 0 Å². The summed E-state index contributed by atoms with van der Waals surface area (Å²) in [4.78, 5) is 17.0. The van der Waals surface area contributed by atoms with Crippen molar-refractivity contribution in [3.8, 4) is 11.4 Å². The van der Waals surface area contributed by atoms with E-state index in [1.54, 1.807) is 0 Å². The molecule has 0 amide bonds. The van der Waals surface area contributed by atoms with Crippen LogP contribution in [0.15, 0.2) is 79.0 Å². The molecular weight excluding hydrogens is 438 g/mol. The van der Waals surface area contributed by atoms with Gasteiger partial charge in [0.2, 0.25) is 0 Å². The Labute approximate surface area is 204 Å². The maximum absolute atomic E-state index is 12.2. The Bertz CT molecular complexity index is 1460. The van der Waals surface area contributed by atoms with Gasteiger partial charge in [0, 0.05) is 50.6 Å². The van der Waals surface area contributed by atoms with Crippen LogP contribution in [0.4, 0.5) is 5.69 Å². The first-order valence-corrected chi connectivity index (χ1v) is 11.9. The molecule has 1 fully saturated rings. The molecular formula is C29H27N3O3. The molecule has 2 aliphatic rings. The van der Waals surface area contributed by atoms with Gasteiger partial charge in [-0.25, -0.2) is 0 Å². The van der Waals surface area contributed by atoms with E-state index in [1.807, 2.05) is 53.2 Å². The molecule has 35 heavy (non-hydrogen) atoms. The third-order valence-corrected chi connectivity index (χ3v) is 6.75. The van der Waals surface area contributed by atoms with Gasteiger partial charge in [0.25, 0.3) is 0 Å². The first-order chi connectivity index (χ1) is 17.1. The molecule has 0 unspecified atom stereocenters. The number of rotatable bonds is 3. The van der Waals surface area contributed by atoms with Gasteiger partial charge in [-0.1, -0.05) is 42.5 Å². The SMILES string of the molecule is CC(=O)OC1=C(c2cccc3ccccc23)Oc2ccc(N3CCN(C)CC3)cc2-n2cccc21. The van der Waals surface area contributed by atoms with Crippen molar-refractivity contribution in [3.05, 3.63) is 90.3 Å². The number of hydrogen-bond donors (Lipinski definition) is 0. The lowest BCUT2D eigenvalue weighted by Gasteiger charge is -2.34. The van der Waals surface area contributed by atoms with Gasteiger partial charge >= 0.3 is 5.97 Å². The van der Waals surface area contributed by atoms with Gasteiger partial charge in [0.05, 0.1) is 11.4 Å². The highest BCUT2D eigenvalue weighted by Crippen LogP contribution is 2.41. The fourth-order valence-corrected chi connectivity index (χ4v) is 4.93. The van der Waals surface area contributed by atoms with E-state index in [0.29, 0.717) is 17.3 Å². The quantitative estimate of drug-likeness (QED) is 0.391. The number of anilines is 1. The van der Waals surface area contributed by atoms with Crippen LogP contribution in [0.25, 0.3) is 28.0 Å². The zero-order chi connectivity index (χ0) is 23.9. The summed E-state index contributed by atoms with van der Waals surface area (Å²) in [6.07, 6.45) is 1.99. The number of likely N-dealkylation sites (N-methyl/N-ethyl adjacent to an activating group) is 1. The first kappa shape index (κ1) is 21.5. The number of hydrogen-bond acceptors (Lipinski definition) is 5. The van der Waals surface area contributed by atoms with Gasteiger partial charge in [-0.15, -0.1) is 0 Å². The highest BCUT2D eigenvalue weighted by Gasteiger charge is 2.28. The number of fused-ring (bicyclic) bond motifs is 4. The van der Waals surface area contributed by atoms with Gasteiger partial charge in [-0.3, -0.25) is 4.79 Å². The molecule has 2 aliphatic heterocycles. The third kappa shape index (κ3) is 3.86. The van der Waals surface area contributed by atoms with Crippen LogP contribution in [0.2, 0.25) is 0 Å². The topological polar surface area (TPSA) is 46.9 Å². The Hall–Kier alpha value is -4.03. The van der Waals surface area contributed by atoms with Crippen LogP contribution in [-0.2, 0) is 9.53 Å². The number of carbonyl (C=O) groups excluding carboxylic acids is 1. The standard InChI is InChI=1S/C29H27N3O3/c1-20(33)34-29-25-11-6-14-32(25)26-19-22(31-17-15-30(2)16-18-31)12-13-27(26)35-28(29)24-10-5-8-21-7-3-4-9-23(21)24/h3-14,19H,15-18H2,1-2H3. The minimum Gasteiger partial charge on any atom is -0.450 e. The maximum Gasteiger partial charge on any atom is 0.308 e. The Morgan fingerprint density at radius 3 is 2.54 bits per heavy atom. The molecule has 0 radical (unpaired) electrons. The number of ether oxygens (including phenoxy) is 2. The highest BCUT2D eigenvalue weighted by atomic mass is 16.6. The van der Waals surface area contributed by atoms with Crippen molar-refractivity contribution in [2.24, 2.45) is 0 Å². The van der Waals surface area contributed by atoms with Crippen molar-refractivity contribution in [2.75, 3.05) is 38.1 Å². The molecule has 0 atom stereocenters. The molecule has 1 aromatic heterocycles. The van der Waals surface area contributed by atoms with Crippen molar-refractivity contribution in [1.82, 2.24) is 9.47 Å². The van der Waals surface area contributed by atoms with E-state index >= 15 is 0 Å². The number of carbonyl (C=O) groups is 1. The molecule has 3 heterocycles. The van der Waals surface area contributed by atoms with Crippen LogP contribution >= 0.6 is 0 Å². The lowest BCUT2D eigenvalue weighted by Crippen LogP contribution is -2.44. The average molecular weight is 466 g/mol. The van der Waals surface area contributed by atoms with Gasteiger partial charge in [0.1, 0.15) is 0 Å². The van der Waals surface area contributed by atoms with Crippen molar-refractivity contribution < 1.29 is 14.3 Å². The lowest BCUT2D eigenvalue weighted by molar-refractivity contribution is -0.134. The van der Waals surface area contributed by atoms with Gasteiger partial charge in [0.15, 0.2) is 17.3 Å². The molecule has 0 bridgehead atoms. The van der Waals surface area contributed by atoms with E-state index in [2.05, 4.69) is 47.2 Å². The number of benzene rings is 3. The summed E-state index contributed by atoms with van der Waals surface area (Å²) in [5.74, 6) is 1.27. The van der Waals surface area contributed by atoms with E-state index in [4.69, 9.17) is 9.47 Å². The summed E-state index contributed by atoms with van der Waals surface area (Å²) in [6.45, 7) is 5.45. The smallest absolute Gasteiger partial charge is 0.308 e. The number of nitrogens with zero attached hydrogens (tertiary/aromatic N) is 3. The van der Waals surface area contributed by atoms with Gasteiger partial charge < -0.3 is 23.8 Å². The molecule has 4 aromatic rings. The summed E-state index contributed by atoms with van der Waals surface area (Å²) in [7, 11) is 2.16. The van der Waals surface area contributed by atoms with Crippen LogP contribution < -0.4 is 9.64 Å². The van der Waals surface area contributed by atoms with Crippen LogP contribution in [0.1, 0.15) is 18.2 Å². The van der Waals surface area contributed by atoms with Crippen LogP contribution in [-0.4, -0.2) is 48.7 Å². The second-order valence-corrected chi connectivity index (χ2v) is 9.09. The first-order valence-electron chi connectivity index (χ1n) is 11.9. The molecule has 3 aromatic carbocycles. The van der Waals surface area contributed by atoms with Gasteiger partial charge in [-0.2, -0.15) is 0 Å². The lowest BCUT2D eigenvalue weighted by atomic mass is 10.0. The van der Waals surface area contributed by atoms with E-state index in [9.17, 15) is 4.79 Å². The van der Waals surface area contributed by atoms with E-state index in [0.717, 1.165) is 59.6 Å². The molecule has 176 valence electrons. The molecule has 0 saturated carbocycles. The molecule has 6 heteroatoms. The predicted octanol–water partition coefficient (Wildman–Crippen LogP) is 5.16. The maximum atomic E-state index is 12.2. The fraction of sp³-hybridized carbons (Fsp3) is 0.207. The summed E-state index contributed by atoms with van der Waals surface area (Å²) in [6, 6.07) is 24.5. The molecule has 6 nitrogen and oxygen atoms in total. The van der Waals surface area contributed by atoms with Crippen molar-refractivity contribution in [2.45, 2.75) is 6.92 Å². The fourth-order valence-electron chi connectivity index (χ4n) is 4.93. The number of esters is 1. The molecule has 0 aliphatic carbocycles. The Morgan fingerprint density at radius 1 is 0.914 bits per heavy atom. The van der Waals surface area contributed by atoms with Crippen molar-refractivity contribution in [1.29, 1.82) is 0 Å². The second kappa shape index (κ2) is 8.64. The second-order valence-electron chi connectivity index (χ2n) is 9.09. The molecule has 0 spiro atoms. The summed E-state index contributed by atoms with van der Waals surface area (Å²) >= 11 is 0. The molecule has 0 N–H and O–H groups in total. The largest absolute Gasteiger partial charge is 0.450 e. The van der Waals surface area contributed by atoms with E-state index in [1.165, 1.54) is 6.92 Å². The Kier molecular flexibility index (Phi) is 5.30.